The third kappa shape index (κ3) is 4.02. The minimum atomic E-state index is -0.228. The highest BCUT2D eigenvalue weighted by molar-refractivity contribution is 9.10. The minimum Gasteiger partial charge on any atom is -0.507 e. The number of phenolic OH excluding ortho intramolecular Hbond substituents is 1. The van der Waals surface area contributed by atoms with E-state index in [1.807, 2.05) is 24.3 Å². The van der Waals surface area contributed by atoms with Crippen LogP contribution >= 0.6 is 15.9 Å². The molecule has 1 aliphatic heterocycles. The van der Waals surface area contributed by atoms with Crippen molar-refractivity contribution in [2.45, 2.75) is 0 Å². The van der Waals surface area contributed by atoms with E-state index in [2.05, 4.69) is 26.1 Å². The van der Waals surface area contributed by atoms with Gasteiger partial charge in [0.2, 0.25) is 0 Å². The summed E-state index contributed by atoms with van der Waals surface area (Å²) in [4.78, 5) is 28.8. The molecule has 0 aliphatic carbocycles. The summed E-state index contributed by atoms with van der Waals surface area (Å²) < 4.78 is 0.976. The molecule has 4 rings (SSSR count). The van der Waals surface area contributed by atoms with Gasteiger partial charge in [-0.3, -0.25) is 14.7 Å². The van der Waals surface area contributed by atoms with Crippen LogP contribution in [0.5, 0.6) is 5.75 Å². The molecule has 0 bridgehead atoms. The molecule has 8 heteroatoms. The summed E-state index contributed by atoms with van der Waals surface area (Å²) in [6.07, 6.45) is 0. The molecule has 1 aliphatic rings. The number of aromatic amines is 1. The van der Waals surface area contributed by atoms with Crippen LogP contribution in [0.3, 0.4) is 0 Å². The molecule has 7 nitrogen and oxygen atoms in total. The van der Waals surface area contributed by atoms with Gasteiger partial charge in [0.25, 0.3) is 11.8 Å². The second-order valence-electron chi connectivity index (χ2n) is 6.78. The SMILES string of the molecule is O=C(c1cc(-c2ccc(Br)cc2)n[nH]1)N1CCN(C(=O)c2ccccc2O)CC1. The number of benzene rings is 2. The van der Waals surface area contributed by atoms with Gasteiger partial charge in [-0.05, 0) is 30.3 Å². The molecule has 0 radical (unpaired) electrons. The Labute approximate surface area is 176 Å². The lowest BCUT2D eigenvalue weighted by molar-refractivity contribution is 0.0530. The van der Waals surface area contributed by atoms with Crippen molar-refractivity contribution in [1.82, 2.24) is 20.0 Å². The van der Waals surface area contributed by atoms with Crippen molar-refractivity contribution >= 4 is 27.7 Å². The van der Waals surface area contributed by atoms with Gasteiger partial charge in [0, 0.05) is 36.2 Å². The number of amides is 2. The molecule has 2 amide bonds. The maximum Gasteiger partial charge on any atom is 0.272 e. The topological polar surface area (TPSA) is 89.5 Å². The van der Waals surface area contributed by atoms with E-state index in [-0.39, 0.29) is 23.1 Å². The quantitative estimate of drug-likeness (QED) is 0.635. The first kappa shape index (κ1) is 19.2. The van der Waals surface area contributed by atoms with Crippen LogP contribution in [0, 0.1) is 0 Å². The highest BCUT2D eigenvalue weighted by Gasteiger charge is 2.27. The van der Waals surface area contributed by atoms with Crippen LogP contribution in [0.1, 0.15) is 20.8 Å². The average Bonchev–Trinajstić information content (AvgIpc) is 3.24. The summed E-state index contributed by atoms with van der Waals surface area (Å²) in [5.74, 6) is -0.404. The van der Waals surface area contributed by atoms with Crippen molar-refractivity contribution in [3.8, 4) is 17.0 Å². The number of halogens is 1. The summed E-state index contributed by atoms with van der Waals surface area (Å²) in [6.45, 7) is 1.66. The van der Waals surface area contributed by atoms with E-state index in [9.17, 15) is 14.7 Å². The summed E-state index contributed by atoms with van der Waals surface area (Å²) in [5, 5.41) is 16.9. The van der Waals surface area contributed by atoms with Gasteiger partial charge in [-0.25, -0.2) is 0 Å². The normalized spacial score (nSPS) is 14.1. The number of carbonyl (C=O) groups is 2. The molecule has 0 unspecified atom stereocenters. The predicted octanol–water partition coefficient (Wildman–Crippen LogP) is 3.14. The van der Waals surface area contributed by atoms with Gasteiger partial charge in [-0.1, -0.05) is 40.2 Å². The van der Waals surface area contributed by atoms with Gasteiger partial charge >= 0.3 is 0 Å². The molecule has 3 aromatic rings. The average molecular weight is 455 g/mol. The van der Waals surface area contributed by atoms with Gasteiger partial charge in [0.15, 0.2) is 0 Å². The molecular weight excluding hydrogens is 436 g/mol. The van der Waals surface area contributed by atoms with Crippen LogP contribution in [-0.2, 0) is 0 Å². The third-order valence-corrected chi connectivity index (χ3v) is 5.47. The molecular formula is C21H19BrN4O3. The second kappa shape index (κ2) is 8.08. The lowest BCUT2D eigenvalue weighted by atomic mass is 10.1. The van der Waals surface area contributed by atoms with E-state index in [1.165, 1.54) is 6.07 Å². The Morgan fingerprint density at radius 3 is 2.21 bits per heavy atom. The fourth-order valence-corrected chi connectivity index (χ4v) is 3.57. The summed E-state index contributed by atoms with van der Waals surface area (Å²) in [5.41, 5.74) is 2.32. The first-order valence-corrected chi connectivity index (χ1v) is 10.00. The number of hydrogen-bond acceptors (Lipinski definition) is 4. The fourth-order valence-electron chi connectivity index (χ4n) is 3.31. The van der Waals surface area contributed by atoms with E-state index < -0.39 is 0 Å². The number of nitrogens with zero attached hydrogens (tertiary/aromatic N) is 3. The van der Waals surface area contributed by atoms with Gasteiger partial charge in [-0.15, -0.1) is 0 Å². The van der Waals surface area contributed by atoms with Crippen LogP contribution < -0.4 is 0 Å². The Hall–Kier alpha value is -3.13. The lowest BCUT2D eigenvalue weighted by Gasteiger charge is -2.34. The van der Waals surface area contributed by atoms with E-state index in [0.717, 1.165) is 10.0 Å². The maximum absolute atomic E-state index is 12.8. The number of hydrogen-bond donors (Lipinski definition) is 2. The van der Waals surface area contributed by atoms with Crippen molar-refractivity contribution in [3.05, 3.63) is 70.3 Å². The minimum absolute atomic E-state index is 0.0334. The number of para-hydroxylation sites is 1. The monoisotopic (exact) mass is 454 g/mol. The predicted molar refractivity (Wildman–Crippen MR) is 112 cm³/mol. The van der Waals surface area contributed by atoms with Crippen LogP contribution in [-0.4, -0.2) is 63.1 Å². The van der Waals surface area contributed by atoms with E-state index in [4.69, 9.17) is 0 Å². The summed E-state index contributed by atoms with van der Waals surface area (Å²) >= 11 is 3.40. The first-order valence-electron chi connectivity index (χ1n) is 9.21. The molecule has 2 heterocycles. The number of piperazine rings is 1. The van der Waals surface area contributed by atoms with Gasteiger partial charge < -0.3 is 14.9 Å². The van der Waals surface area contributed by atoms with Crippen LogP contribution in [0.15, 0.2) is 59.1 Å². The molecule has 0 saturated carbocycles. The van der Waals surface area contributed by atoms with E-state index in [1.54, 1.807) is 34.1 Å². The van der Waals surface area contributed by atoms with Crippen molar-refractivity contribution in [2.24, 2.45) is 0 Å². The summed E-state index contributed by atoms with van der Waals surface area (Å²) in [7, 11) is 0. The van der Waals surface area contributed by atoms with Crippen molar-refractivity contribution in [1.29, 1.82) is 0 Å². The number of aromatic hydroxyl groups is 1. The summed E-state index contributed by atoms with van der Waals surface area (Å²) in [6, 6.07) is 15.9. The van der Waals surface area contributed by atoms with Crippen LogP contribution in [0.2, 0.25) is 0 Å². The molecule has 2 aromatic carbocycles. The number of nitrogens with one attached hydrogen (secondary N) is 1. The van der Waals surface area contributed by atoms with Crippen LogP contribution in [0.4, 0.5) is 0 Å². The fraction of sp³-hybridized carbons (Fsp3) is 0.190. The number of aromatic nitrogens is 2. The maximum atomic E-state index is 12.8. The smallest absolute Gasteiger partial charge is 0.272 e. The molecule has 148 valence electrons. The Bertz CT molecular complexity index is 1040. The zero-order valence-corrected chi connectivity index (χ0v) is 17.1. The first-order chi connectivity index (χ1) is 14.0. The Morgan fingerprint density at radius 1 is 0.931 bits per heavy atom. The second-order valence-corrected chi connectivity index (χ2v) is 7.69. The number of phenols is 1. The van der Waals surface area contributed by atoms with Crippen molar-refractivity contribution in [3.63, 3.8) is 0 Å². The highest BCUT2D eigenvalue weighted by Crippen LogP contribution is 2.22. The highest BCUT2D eigenvalue weighted by atomic mass is 79.9. The molecule has 0 atom stereocenters. The van der Waals surface area contributed by atoms with Crippen LogP contribution in [0.25, 0.3) is 11.3 Å². The van der Waals surface area contributed by atoms with E-state index >= 15 is 0 Å². The van der Waals surface area contributed by atoms with Crippen molar-refractivity contribution in [2.75, 3.05) is 26.2 Å². The lowest BCUT2D eigenvalue weighted by Crippen LogP contribution is -2.50. The molecule has 2 N–H and O–H groups in total. The van der Waals surface area contributed by atoms with Crippen molar-refractivity contribution < 1.29 is 14.7 Å². The number of carbonyl (C=O) groups excluding carboxylic acids is 2. The standard InChI is InChI=1S/C21H19BrN4O3/c22-15-7-5-14(6-8-15)17-13-18(24-23-17)21(29)26-11-9-25(10-12-26)20(28)16-3-1-2-4-19(16)27/h1-8,13,27H,9-12H2,(H,23,24). The molecule has 1 fully saturated rings. The molecule has 1 aromatic heterocycles. The molecule has 1 saturated heterocycles. The number of H-pyrrole nitrogens is 1. The van der Waals surface area contributed by atoms with Gasteiger partial charge in [-0.2, -0.15) is 5.10 Å². The van der Waals surface area contributed by atoms with Gasteiger partial charge in [0.1, 0.15) is 11.4 Å². The van der Waals surface area contributed by atoms with Gasteiger partial charge in [0.05, 0.1) is 11.3 Å². The Morgan fingerprint density at radius 2 is 1.55 bits per heavy atom. The molecule has 29 heavy (non-hydrogen) atoms. The third-order valence-electron chi connectivity index (χ3n) is 4.94. The molecule has 0 spiro atoms. The zero-order chi connectivity index (χ0) is 20.4. The number of rotatable bonds is 3. The Kier molecular flexibility index (Phi) is 5.35. The Balaban J connectivity index is 1.40. The zero-order valence-electron chi connectivity index (χ0n) is 15.5. The largest absolute Gasteiger partial charge is 0.507 e. The van der Waals surface area contributed by atoms with E-state index in [0.29, 0.717) is 37.6 Å².